The first-order chi connectivity index (χ1) is 10.3. The van der Waals surface area contributed by atoms with Gasteiger partial charge in [-0.05, 0) is 30.3 Å². The van der Waals surface area contributed by atoms with Crippen LogP contribution in [0.1, 0.15) is 5.56 Å². The molecular formula is C16H18ClN3O. The van der Waals surface area contributed by atoms with E-state index in [9.17, 15) is 0 Å². The number of piperazine rings is 1. The summed E-state index contributed by atoms with van der Waals surface area (Å²) in [6.07, 6.45) is 3.35. The molecule has 1 fully saturated rings. The molecule has 3 rings (SSSR count). The molecule has 0 unspecified atom stereocenters. The molecule has 4 nitrogen and oxygen atoms in total. The zero-order valence-corrected chi connectivity index (χ0v) is 12.5. The standard InChI is InChI=1S/C16H18ClN3O/c17-16-11-19-6-5-13(16)12-21-15-3-1-14(2-4-15)20-9-7-18-8-10-20/h1-6,11,18H,7-10,12H2. The van der Waals surface area contributed by atoms with Gasteiger partial charge in [-0.1, -0.05) is 11.6 Å². The molecule has 0 radical (unpaired) electrons. The molecule has 1 aromatic carbocycles. The zero-order valence-electron chi connectivity index (χ0n) is 11.8. The molecule has 21 heavy (non-hydrogen) atoms. The lowest BCUT2D eigenvalue weighted by Crippen LogP contribution is -2.43. The lowest BCUT2D eigenvalue weighted by molar-refractivity contribution is 0.306. The fourth-order valence-corrected chi connectivity index (χ4v) is 2.53. The van der Waals surface area contributed by atoms with Crippen molar-refractivity contribution in [1.82, 2.24) is 10.3 Å². The Hall–Kier alpha value is -1.78. The van der Waals surface area contributed by atoms with Crippen LogP contribution in [0.5, 0.6) is 5.75 Å². The van der Waals surface area contributed by atoms with Crippen molar-refractivity contribution < 1.29 is 4.74 Å². The molecule has 1 N–H and O–H groups in total. The van der Waals surface area contributed by atoms with Gasteiger partial charge in [-0.15, -0.1) is 0 Å². The average Bonchev–Trinajstić information content (AvgIpc) is 2.55. The summed E-state index contributed by atoms with van der Waals surface area (Å²) in [5, 5.41) is 3.99. The molecule has 1 aliphatic heterocycles. The highest BCUT2D eigenvalue weighted by Gasteiger charge is 2.10. The quantitative estimate of drug-likeness (QED) is 0.942. The Kier molecular flexibility index (Phi) is 4.58. The summed E-state index contributed by atoms with van der Waals surface area (Å²) in [6.45, 7) is 4.63. The third-order valence-corrected chi connectivity index (χ3v) is 3.91. The van der Waals surface area contributed by atoms with Gasteiger partial charge in [0.2, 0.25) is 0 Å². The summed E-state index contributed by atoms with van der Waals surface area (Å²) in [7, 11) is 0. The number of halogens is 1. The highest BCUT2D eigenvalue weighted by molar-refractivity contribution is 6.31. The average molecular weight is 304 g/mol. The molecular weight excluding hydrogens is 286 g/mol. The first-order valence-electron chi connectivity index (χ1n) is 7.10. The maximum atomic E-state index is 6.06. The van der Waals surface area contributed by atoms with Crippen molar-refractivity contribution >= 4 is 17.3 Å². The molecule has 0 saturated carbocycles. The number of anilines is 1. The van der Waals surface area contributed by atoms with E-state index in [0.29, 0.717) is 11.6 Å². The van der Waals surface area contributed by atoms with E-state index in [1.165, 1.54) is 5.69 Å². The van der Waals surface area contributed by atoms with Crippen molar-refractivity contribution in [1.29, 1.82) is 0 Å². The van der Waals surface area contributed by atoms with Gasteiger partial charge in [0.05, 0.1) is 5.02 Å². The SMILES string of the molecule is Clc1cnccc1COc1ccc(N2CCNCC2)cc1. The molecule has 0 spiro atoms. The van der Waals surface area contributed by atoms with E-state index in [1.807, 2.05) is 18.2 Å². The van der Waals surface area contributed by atoms with E-state index in [-0.39, 0.29) is 0 Å². The topological polar surface area (TPSA) is 37.4 Å². The molecule has 1 aliphatic rings. The van der Waals surface area contributed by atoms with Crippen LogP contribution in [0.2, 0.25) is 5.02 Å². The number of rotatable bonds is 4. The van der Waals surface area contributed by atoms with Crippen molar-refractivity contribution in [2.45, 2.75) is 6.61 Å². The van der Waals surface area contributed by atoms with Crippen LogP contribution in [0.3, 0.4) is 0 Å². The number of pyridine rings is 1. The van der Waals surface area contributed by atoms with Crippen LogP contribution < -0.4 is 15.0 Å². The van der Waals surface area contributed by atoms with E-state index in [2.05, 4.69) is 27.3 Å². The van der Waals surface area contributed by atoms with Crippen LogP contribution in [0, 0.1) is 0 Å². The summed E-state index contributed by atoms with van der Waals surface area (Å²) < 4.78 is 5.77. The fraction of sp³-hybridized carbons (Fsp3) is 0.312. The van der Waals surface area contributed by atoms with Gasteiger partial charge in [0.1, 0.15) is 12.4 Å². The van der Waals surface area contributed by atoms with E-state index < -0.39 is 0 Å². The van der Waals surface area contributed by atoms with Gasteiger partial charge >= 0.3 is 0 Å². The van der Waals surface area contributed by atoms with Gasteiger partial charge in [0.25, 0.3) is 0 Å². The Morgan fingerprint density at radius 1 is 1.14 bits per heavy atom. The maximum Gasteiger partial charge on any atom is 0.119 e. The molecule has 5 heteroatoms. The number of ether oxygens (including phenoxy) is 1. The summed E-state index contributed by atoms with van der Waals surface area (Å²) in [6, 6.07) is 10.1. The number of hydrogen-bond acceptors (Lipinski definition) is 4. The molecule has 0 amide bonds. The minimum absolute atomic E-state index is 0.453. The van der Waals surface area contributed by atoms with E-state index in [1.54, 1.807) is 12.4 Å². The third-order valence-electron chi connectivity index (χ3n) is 3.57. The van der Waals surface area contributed by atoms with Crippen LogP contribution in [0.25, 0.3) is 0 Å². The van der Waals surface area contributed by atoms with E-state index in [0.717, 1.165) is 37.5 Å². The molecule has 0 aliphatic carbocycles. The van der Waals surface area contributed by atoms with E-state index in [4.69, 9.17) is 16.3 Å². The fourth-order valence-electron chi connectivity index (χ4n) is 2.36. The summed E-state index contributed by atoms with van der Waals surface area (Å²) in [4.78, 5) is 6.34. The minimum Gasteiger partial charge on any atom is -0.489 e. The van der Waals surface area contributed by atoms with Crippen LogP contribution in [-0.2, 0) is 6.61 Å². The lowest BCUT2D eigenvalue weighted by atomic mass is 10.2. The Morgan fingerprint density at radius 2 is 1.90 bits per heavy atom. The highest BCUT2D eigenvalue weighted by atomic mass is 35.5. The van der Waals surface area contributed by atoms with Crippen molar-refractivity contribution in [2.24, 2.45) is 0 Å². The number of nitrogens with zero attached hydrogens (tertiary/aromatic N) is 2. The Balaban J connectivity index is 1.60. The molecule has 2 heterocycles. The third kappa shape index (κ3) is 3.65. The first kappa shape index (κ1) is 14.2. The second-order valence-electron chi connectivity index (χ2n) is 4.99. The highest BCUT2D eigenvalue weighted by Crippen LogP contribution is 2.22. The van der Waals surface area contributed by atoms with Crippen molar-refractivity contribution in [3.63, 3.8) is 0 Å². The number of hydrogen-bond donors (Lipinski definition) is 1. The summed E-state index contributed by atoms with van der Waals surface area (Å²) in [5.74, 6) is 0.849. The normalized spacial score (nSPS) is 15.0. The Morgan fingerprint density at radius 3 is 2.62 bits per heavy atom. The predicted octanol–water partition coefficient (Wildman–Crippen LogP) is 2.72. The second-order valence-corrected chi connectivity index (χ2v) is 5.39. The first-order valence-corrected chi connectivity index (χ1v) is 7.47. The van der Waals surface area contributed by atoms with Crippen LogP contribution in [0.15, 0.2) is 42.7 Å². The summed E-state index contributed by atoms with van der Waals surface area (Å²) >= 11 is 6.06. The monoisotopic (exact) mass is 303 g/mol. The van der Waals surface area contributed by atoms with Crippen molar-refractivity contribution in [3.05, 3.63) is 53.3 Å². The van der Waals surface area contributed by atoms with Gasteiger partial charge in [-0.3, -0.25) is 4.98 Å². The number of nitrogens with one attached hydrogen (secondary N) is 1. The van der Waals surface area contributed by atoms with Gasteiger partial charge in [-0.25, -0.2) is 0 Å². The molecule has 0 bridgehead atoms. The Bertz CT molecular complexity index is 582. The smallest absolute Gasteiger partial charge is 0.119 e. The molecule has 110 valence electrons. The summed E-state index contributed by atoms with van der Waals surface area (Å²) in [5.41, 5.74) is 2.18. The van der Waals surface area contributed by atoms with Gasteiger partial charge < -0.3 is 15.0 Å². The van der Waals surface area contributed by atoms with Crippen molar-refractivity contribution in [3.8, 4) is 5.75 Å². The number of aromatic nitrogens is 1. The van der Waals surface area contributed by atoms with Crippen LogP contribution in [0.4, 0.5) is 5.69 Å². The van der Waals surface area contributed by atoms with Crippen LogP contribution in [-0.4, -0.2) is 31.2 Å². The van der Waals surface area contributed by atoms with Crippen molar-refractivity contribution in [2.75, 3.05) is 31.1 Å². The van der Waals surface area contributed by atoms with Gasteiger partial charge in [-0.2, -0.15) is 0 Å². The van der Waals surface area contributed by atoms with E-state index >= 15 is 0 Å². The van der Waals surface area contributed by atoms with Crippen LogP contribution >= 0.6 is 11.6 Å². The molecule has 2 aromatic rings. The predicted molar refractivity (Wildman–Crippen MR) is 85.1 cm³/mol. The largest absolute Gasteiger partial charge is 0.489 e. The molecule has 1 saturated heterocycles. The Labute approximate surface area is 129 Å². The molecule has 1 aromatic heterocycles. The zero-order chi connectivity index (χ0) is 14.5. The second kappa shape index (κ2) is 6.78. The van der Waals surface area contributed by atoms with Gasteiger partial charge in [0.15, 0.2) is 0 Å². The van der Waals surface area contributed by atoms with Gasteiger partial charge in [0, 0.05) is 49.8 Å². The lowest BCUT2D eigenvalue weighted by Gasteiger charge is -2.29. The number of benzene rings is 1. The molecule has 0 atom stereocenters. The maximum absolute atomic E-state index is 6.06. The minimum atomic E-state index is 0.453.